The summed E-state index contributed by atoms with van der Waals surface area (Å²) in [5, 5.41) is 2.52. The Bertz CT molecular complexity index is 1550. The molecule has 4 aromatic carbocycles. The van der Waals surface area contributed by atoms with Crippen molar-refractivity contribution in [3.8, 4) is 11.5 Å². The first kappa shape index (κ1) is 23.6. The summed E-state index contributed by atoms with van der Waals surface area (Å²) in [5.74, 6) is 2.29. The molecule has 0 spiro atoms. The average Bonchev–Trinajstić information content (AvgIpc) is 3.11. The number of ether oxygens (including phenoxy) is 1. The second-order valence-electron chi connectivity index (χ2n) is 9.65. The summed E-state index contributed by atoms with van der Waals surface area (Å²) in [6.45, 7) is 11.0. The molecule has 0 saturated carbocycles. The Morgan fingerprint density at radius 2 is 1.40 bits per heavy atom. The van der Waals surface area contributed by atoms with Crippen LogP contribution in [0.15, 0.2) is 82.6 Å². The zero-order valence-electron chi connectivity index (χ0n) is 21.5. The SMILES string of the molecule is CCC(C)c1cc2c(cc1Oc1ccccc1C)c1cc(C)c(Sc3ccccc3C)cc1n2C. The maximum absolute atomic E-state index is 6.56. The van der Waals surface area contributed by atoms with Crippen LogP contribution < -0.4 is 4.74 Å². The van der Waals surface area contributed by atoms with Gasteiger partial charge in [-0.25, -0.2) is 0 Å². The van der Waals surface area contributed by atoms with Gasteiger partial charge in [-0.1, -0.05) is 62.0 Å². The number of aromatic nitrogens is 1. The molecule has 35 heavy (non-hydrogen) atoms. The first-order valence-electron chi connectivity index (χ1n) is 12.4. The van der Waals surface area contributed by atoms with E-state index in [0.717, 1.165) is 23.5 Å². The minimum Gasteiger partial charge on any atom is -0.457 e. The molecule has 0 fully saturated rings. The Morgan fingerprint density at radius 1 is 0.743 bits per heavy atom. The Hall–Kier alpha value is -3.17. The van der Waals surface area contributed by atoms with Crippen molar-refractivity contribution in [2.75, 3.05) is 0 Å². The van der Waals surface area contributed by atoms with E-state index in [1.807, 2.05) is 17.8 Å². The van der Waals surface area contributed by atoms with Gasteiger partial charge >= 0.3 is 0 Å². The molecule has 0 aliphatic rings. The molecule has 5 rings (SSSR count). The van der Waals surface area contributed by atoms with Crippen LogP contribution in [-0.4, -0.2) is 4.57 Å². The maximum Gasteiger partial charge on any atom is 0.131 e. The molecule has 2 nitrogen and oxygen atoms in total. The fourth-order valence-corrected chi connectivity index (χ4v) is 5.76. The molecule has 1 heterocycles. The van der Waals surface area contributed by atoms with Crippen LogP contribution in [0.25, 0.3) is 21.8 Å². The lowest BCUT2D eigenvalue weighted by molar-refractivity contribution is 0.467. The normalized spacial score (nSPS) is 12.4. The van der Waals surface area contributed by atoms with Gasteiger partial charge in [0.15, 0.2) is 0 Å². The zero-order chi connectivity index (χ0) is 24.7. The van der Waals surface area contributed by atoms with E-state index in [0.29, 0.717) is 5.92 Å². The van der Waals surface area contributed by atoms with E-state index < -0.39 is 0 Å². The molecule has 1 atom stereocenters. The second-order valence-corrected chi connectivity index (χ2v) is 10.7. The molecule has 0 saturated heterocycles. The second kappa shape index (κ2) is 9.47. The number of benzene rings is 4. The molecule has 0 aliphatic heterocycles. The highest BCUT2D eigenvalue weighted by Crippen LogP contribution is 2.42. The minimum atomic E-state index is 0.408. The number of fused-ring (bicyclic) bond motifs is 3. The summed E-state index contributed by atoms with van der Waals surface area (Å²) < 4.78 is 8.91. The van der Waals surface area contributed by atoms with Gasteiger partial charge < -0.3 is 9.30 Å². The summed E-state index contributed by atoms with van der Waals surface area (Å²) in [4.78, 5) is 2.61. The fraction of sp³-hybridized carbons (Fsp3) is 0.250. The largest absolute Gasteiger partial charge is 0.457 e. The number of rotatable bonds is 6. The van der Waals surface area contributed by atoms with E-state index in [2.05, 4.69) is 113 Å². The first-order chi connectivity index (χ1) is 16.9. The maximum atomic E-state index is 6.56. The highest BCUT2D eigenvalue weighted by Gasteiger charge is 2.19. The van der Waals surface area contributed by atoms with Crippen molar-refractivity contribution in [3.05, 3.63) is 95.1 Å². The fourth-order valence-electron chi connectivity index (χ4n) is 4.76. The van der Waals surface area contributed by atoms with Crippen LogP contribution in [0.5, 0.6) is 11.5 Å². The molecular formula is C32H33NOS. The molecule has 0 amide bonds. The van der Waals surface area contributed by atoms with Gasteiger partial charge in [0.25, 0.3) is 0 Å². The Kier molecular flexibility index (Phi) is 6.37. The van der Waals surface area contributed by atoms with Gasteiger partial charge in [-0.2, -0.15) is 0 Å². The van der Waals surface area contributed by atoms with Crippen molar-refractivity contribution < 1.29 is 4.74 Å². The average molecular weight is 480 g/mol. The molecule has 0 bridgehead atoms. The summed E-state index contributed by atoms with van der Waals surface area (Å²) in [7, 11) is 2.19. The van der Waals surface area contributed by atoms with E-state index in [-0.39, 0.29) is 0 Å². The van der Waals surface area contributed by atoms with Crippen LogP contribution in [0, 0.1) is 20.8 Å². The highest BCUT2D eigenvalue weighted by molar-refractivity contribution is 7.99. The van der Waals surface area contributed by atoms with Crippen LogP contribution in [0.3, 0.4) is 0 Å². The standard InChI is InChI=1S/C32H33NOS/c1-7-20(2)24-17-27-26(18-30(24)34-29-14-10-8-12-21(29)3)25-16-23(5)32(19-28(25)33(27)6)35-31-15-11-9-13-22(31)4/h8-20H,7H2,1-6H3. The number of hydrogen-bond acceptors (Lipinski definition) is 2. The third-order valence-electron chi connectivity index (χ3n) is 7.20. The summed E-state index contributed by atoms with van der Waals surface area (Å²) in [6, 6.07) is 26.2. The third-order valence-corrected chi connectivity index (χ3v) is 8.54. The number of nitrogens with zero attached hydrogens (tertiary/aromatic N) is 1. The molecular weight excluding hydrogens is 446 g/mol. The Balaban J connectivity index is 1.68. The molecule has 178 valence electrons. The van der Waals surface area contributed by atoms with E-state index in [1.54, 1.807) is 0 Å². The van der Waals surface area contributed by atoms with E-state index >= 15 is 0 Å². The highest BCUT2D eigenvalue weighted by atomic mass is 32.2. The lowest BCUT2D eigenvalue weighted by Gasteiger charge is -2.17. The van der Waals surface area contributed by atoms with Crippen LogP contribution in [0.2, 0.25) is 0 Å². The number of hydrogen-bond donors (Lipinski definition) is 0. The topological polar surface area (TPSA) is 14.2 Å². The Labute approximate surface area is 212 Å². The van der Waals surface area contributed by atoms with Gasteiger partial charge in [-0.15, -0.1) is 0 Å². The molecule has 1 aromatic heterocycles. The molecule has 0 radical (unpaired) electrons. The predicted molar refractivity (Wildman–Crippen MR) is 150 cm³/mol. The third kappa shape index (κ3) is 4.34. The van der Waals surface area contributed by atoms with Gasteiger partial charge in [0, 0.05) is 38.6 Å². The minimum absolute atomic E-state index is 0.408. The van der Waals surface area contributed by atoms with Gasteiger partial charge in [-0.3, -0.25) is 0 Å². The summed E-state index contributed by atoms with van der Waals surface area (Å²) in [5.41, 5.74) is 7.53. The van der Waals surface area contributed by atoms with Crippen molar-refractivity contribution in [2.45, 2.75) is 56.7 Å². The van der Waals surface area contributed by atoms with Crippen molar-refractivity contribution in [1.29, 1.82) is 0 Å². The first-order valence-corrected chi connectivity index (χ1v) is 13.2. The molecule has 1 unspecified atom stereocenters. The lowest BCUT2D eigenvalue weighted by Crippen LogP contribution is -1.98. The van der Waals surface area contributed by atoms with Crippen LogP contribution >= 0.6 is 11.8 Å². The molecule has 3 heteroatoms. The van der Waals surface area contributed by atoms with Crippen LogP contribution in [0.4, 0.5) is 0 Å². The van der Waals surface area contributed by atoms with E-state index in [9.17, 15) is 0 Å². The number of para-hydroxylation sites is 1. The van der Waals surface area contributed by atoms with Gasteiger partial charge in [0.05, 0.1) is 0 Å². The van der Waals surface area contributed by atoms with Crippen molar-refractivity contribution in [1.82, 2.24) is 4.57 Å². The summed E-state index contributed by atoms with van der Waals surface area (Å²) >= 11 is 1.85. The van der Waals surface area contributed by atoms with Gasteiger partial charge in [-0.05, 0) is 91.8 Å². The van der Waals surface area contributed by atoms with Crippen LogP contribution in [0.1, 0.15) is 48.4 Å². The zero-order valence-corrected chi connectivity index (χ0v) is 22.3. The van der Waals surface area contributed by atoms with Crippen LogP contribution in [-0.2, 0) is 7.05 Å². The smallest absolute Gasteiger partial charge is 0.131 e. The van der Waals surface area contributed by atoms with Crippen molar-refractivity contribution in [3.63, 3.8) is 0 Å². The van der Waals surface area contributed by atoms with Crippen molar-refractivity contribution in [2.24, 2.45) is 7.05 Å². The van der Waals surface area contributed by atoms with E-state index in [1.165, 1.54) is 48.3 Å². The van der Waals surface area contributed by atoms with E-state index in [4.69, 9.17) is 4.74 Å². The Morgan fingerprint density at radius 3 is 2.11 bits per heavy atom. The summed E-state index contributed by atoms with van der Waals surface area (Å²) in [6.07, 6.45) is 1.07. The van der Waals surface area contributed by atoms with Gasteiger partial charge in [0.2, 0.25) is 0 Å². The molecule has 0 aliphatic carbocycles. The lowest BCUT2D eigenvalue weighted by atomic mass is 9.96. The predicted octanol–water partition coefficient (Wildman–Crippen LogP) is 9.71. The number of aryl methyl sites for hydroxylation is 4. The van der Waals surface area contributed by atoms with Gasteiger partial charge in [0.1, 0.15) is 11.5 Å². The van der Waals surface area contributed by atoms with Crippen molar-refractivity contribution >= 4 is 33.6 Å². The molecule has 5 aromatic rings. The molecule has 0 N–H and O–H groups in total. The monoisotopic (exact) mass is 479 g/mol. The quantitative estimate of drug-likeness (QED) is 0.241.